The average molecular weight is 363 g/mol. The van der Waals surface area contributed by atoms with E-state index in [4.69, 9.17) is 22.5 Å². The predicted octanol–water partition coefficient (Wildman–Crippen LogP) is 0.827. The van der Waals surface area contributed by atoms with Gasteiger partial charge in [-0.2, -0.15) is 11.8 Å². The molecule has 0 aromatic heterocycles. The van der Waals surface area contributed by atoms with Crippen LogP contribution in [0.1, 0.15) is 6.42 Å². The SMILES string of the molecule is CSCC[C@H](NC(=S)Nc1ccc(S(N)(=O)=O)cc1)C(=O)O. The number of hydrogen-bond acceptors (Lipinski definition) is 5. The van der Waals surface area contributed by atoms with E-state index >= 15 is 0 Å². The molecule has 22 heavy (non-hydrogen) atoms. The number of thioether (sulfide) groups is 1. The summed E-state index contributed by atoms with van der Waals surface area (Å²) in [5, 5.41) is 19.8. The van der Waals surface area contributed by atoms with Crippen LogP contribution >= 0.6 is 24.0 Å². The summed E-state index contributed by atoms with van der Waals surface area (Å²) in [6.07, 6.45) is 2.32. The summed E-state index contributed by atoms with van der Waals surface area (Å²) in [4.78, 5) is 11.1. The van der Waals surface area contributed by atoms with E-state index in [-0.39, 0.29) is 10.0 Å². The number of thiocarbonyl (C=S) groups is 1. The van der Waals surface area contributed by atoms with Gasteiger partial charge < -0.3 is 15.7 Å². The van der Waals surface area contributed by atoms with Gasteiger partial charge in [0.2, 0.25) is 10.0 Å². The molecule has 0 heterocycles. The van der Waals surface area contributed by atoms with E-state index in [2.05, 4.69) is 10.6 Å². The highest BCUT2D eigenvalue weighted by atomic mass is 32.2. The fourth-order valence-electron chi connectivity index (χ4n) is 1.55. The van der Waals surface area contributed by atoms with Crippen LogP contribution < -0.4 is 15.8 Å². The van der Waals surface area contributed by atoms with Gasteiger partial charge in [-0.3, -0.25) is 0 Å². The monoisotopic (exact) mass is 363 g/mol. The van der Waals surface area contributed by atoms with Gasteiger partial charge in [0.15, 0.2) is 5.11 Å². The number of sulfonamides is 1. The molecule has 7 nitrogen and oxygen atoms in total. The Balaban J connectivity index is 2.66. The van der Waals surface area contributed by atoms with Gasteiger partial charge in [-0.15, -0.1) is 0 Å². The molecule has 0 fully saturated rings. The molecule has 10 heteroatoms. The number of carboxylic acids is 1. The van der Waals surface area contributed by atoms with E-state index in [0.717, 1.165) is 0 Å². The van der Waals surface area contributed by atoms with Gasteiger partial charge in [-0.05, 0) is 54.9 Å². The zero-order chi connectivity index (χ0) is 16.8. The summed E-state index contributed by atoms with van der Waals surface area (Å²) >= 11 is 6.60. The number of hydrogen-bond donors (Lipinski definition) is 4. The number of nitrogens with one attached hydrogen (secondary N) is 2. The maximum atomic E-state index is 11.1. The van der Waals surface area contributed by atoms with Crippen LogP contribution in [0.3, 0.4) is 0 Å². The molecule has 1 rings (SSSR count). The zero-order valence-electron chi connectivity index (χ0n) is 11.8. The van der Waals surface area contributed by atoms with E-state index in [1.54, 1.807) is 11.8 Å². The van der Waals surface area contributed by atoms with Gasteiger partial charge in [0.05, 0.1) is 4.90 Å². The van der Waals surface area contributed by atoms with Crippen LogP contribution in [0.15, 0.2) is 29.2 Å². The second-order valence-corrected chi connectivity index (χ2v) is 7.30. The third-order valence-corrected chi connectivity index (χ3v) is 4.45. The van der Waals surface area contributed by atoms with Crippen molar-refractivity contribution in [1.82, 2.24) is 5.32 Å². The fraction of sp³-hybridized carbons (Fsp3) is 0.333. The standard InChI is InChI=1S/C12H17N3O4S3/c1-21-7-6-10(11(16)17)15-12(20)14-8-2-4-9(5-3-8)22(13,18)19/h2-5,10H,6-7H2,1H3,(H,16,17)(H2,13,18,19)(H2,14,15,20)/t10-/m0/s1. The van der Waals surface area contributed by atoms with Crippen molar-refractivity contribution in [2.75, 3.05) is 17.3 Å². The highest BCUT2D eigenvalue weighted by Gasteiger charge is 2.17. The van der Waals surface area contributed by atoms with Crippen LogP contribution in [-0.2, 0) is 14.8 Å². The molecule has 0 bridgehead atoms. The molecule has 0 aliphatic rings. The number of carbonyl (C=O) groups is 1. The molecule has 0 amide bonds. The van der Waals surface area contributed by atoms with Crippen molar-refractivity contribution in [2.45, 2.75) is 17.4 Å². The molecule has 5 N–H and O–H groups in total. The molecular weight excluding hydrogens is 346 g/mol. The normalized spacial score (nSPS) is 12.5. The van der Waals surface area contributed by atoms with Crippen molar-refractivity contribution in [3.8, 4) is 0 Å². The first-order valence-corrected chi connectivity index (χ1v) is 9.51. The van der Waals surface area contributed by atoms with Gasteiger partial charge in [0.25, 0.3) is 0 Å². The second-order valence-electron chi connectivity index (χ2n) is 4.34. The van der Waals surface area contributed by atoms with Crippen molar-refractivity contribution in [3.63, 3.8) is 0 Å². The predicted molar refractivity (Wildman–Crippen MR) is 91.6 cm³/mol. The molecular formula is C12H17N3O4S3. The van der Waals surface area contributed by atoms with E-state index in [1.165, 1.54) is 24.3 Å². The molecule has 0 unspecified atom stereocenters. The fourth-order valence-corrected chi connectivity index (χ4v) is 2.79. The number of primary sulfonamides is 1. The molecule has 0 aliphatic heterocycles. The van der Waals surface area contributed by atoms with E-state index in [1.807, 2.05) is 6.26 Å². The second kappa shape index (κ2) is 8.32. The summed E-state index contributed by atoms with van der Waals surface area (Å²) in [5.41, 5.74) is 0.527. The first-order valence-electron chi connectivity index (χ1n) is 6.16. The van der Waals surface area contributed by atoms with Crippen LogP contribution in [0, 0.1) is 0 Å². The smallest absolute Gasteiger partial charge is 0.326 e. The van der Waals surface area contributed by atoms with Crippen molar-refractivity contribution >= 4 is 50.8 Å². The minimum Gasteiger partial charge on any atom is -0.480 e. The minimum atomic E-state index is -3.74. The quantitative estimate of drug-likeness (QED) is 0.526. The molecule has 122 valence electrons. The molecule has 0 spiro atoms. The molecule has 1 atom stereocenters. The van der Waals surface area contributed by atoms with E-state index in [0.29, 0.717) is 17.9 Å². The number of nitrogens with two attached hydrogens (primary N) is 1. The molecule has 0 saturated heterocycles. The Bertz CT molecular complexity index is 632. The number of aliphatic carboxylic acids is 1. The molecule has 0 aliphatic carbocycles. The van der Waals surface area contributed by atoms with Crippen molar-refractivity contribution in [2.24, 2.45) is 5.14 Å². The lowest BCUT2D eigenvalue weighted by atomic mass is 10.2. The molecule has 1 aromatic rings. The Morgan fingerprint density at radius 1 is 1.41 bits per heavy atom. The summed E-state index contributed by atoms with van der Waals surface area (Å²) in [6.45, 7) is 0. The van der Waals surface area contributed by atoms with Crippen LogP contribution in [-0.4, -0.2) is 42.7 Å². The van der Waals surface area contributed by atoms with Gasteiger partial charge in [0.1, 0.15) is 6.04 Å². The van der Waals surface area contributed by atoms with Crippen LogP contribution in [0.5, 0.6) is 0 Å². The molecule has 0 radical (unpaired) electrons. The highest BCUT2D eigenvalue weighted by molar-refractivity contribution is 7.98. The van der Waals surface area contributed by atoms with Gasteiger partial charge in [0, 0.05) is 5.69 Å². The summed E-state index contributed by atoms with van der Waals surface area (Å²) in [6, 6.07) is 4.87. The Morgan fingerprint density at radius 3 is 2.45 bits per heavy atom. The van der Waals surface area contributed by atoms with Crippen molar-refractivity contribution in [1.29, 1.82) is 0 Å². The van der Waals surface area contributed by atoms with Gasteiger partial charge >= 0.3 is 5.97 Å². The highest BCUT2D eigenvalue weighted by Crippen LogP contribution is 2.12. The van der Waals surface area contributed by atoms with Crippen molar-refractivity contribution < 1.29 is 18.3 Å². The third kappa shape index (κ3) is 6.18. The summed E-state index contributed by atoms with van der Waals surface area (Å²) < 4.78 is 22.3. The van der Waals surface area contributed by atoms with E-state index < -0.39 is 22.0 Å². The van der Waals surface area contributed by atoms with Crippen LogP contribution in [0.2, 0.25) is 0 Å². The Labute approximate surface area is 138 Å². The van der Waals surface area contributed by atoms with Gasteiger partial charge in [-0.25, -0.2) is 18.4 Å². The number of benzene rings is 1. The maximum Gasteiger partial charge on any atom is 0.326 e. The lowest BCUT2D eigenvalue weighted by molar-refractivity contribution is -0.139. The first-order chi connectivity index (χ1) is 10.2. The number of carboxylic acid groups (broad SMARTS) is 1. The number of anilines is 1. The summed E-state index contributed by atoms with van der Waals surface area (Å²) in [7, 11) is -3.74. The molecule has 0 saturated carbocycles. The largest absolute Gasteiger partial charge is 0.480 e. The molecule has 1 aromatic carbocycles. The summed E-state index contributed by atoms with van der Waals surface area (Å²) in [5.74, 6) is -0.293. The topological polar surface area (TPSA) is 122 Å². The van der Waals surface area contributed by atoms with Crippen LogP contribution in [0.4, 0.5) is 5.69 Å². The Kier molecular flexibility index (Phi) is 7.07. The van der Waals surface area contributed by atoms with Gasteiger partial charge in [-0.1, -0.05) is 0 Å². The lowest BCUT2D eigenvalue weighted by Gasteiger charge is -2.17. The average Bonchev–Trinajstić information content (AvgIpc) is 2.42. The van der Waals surface area contributed by atoms with Crippen molar-refractivity contribution in [3.05, 3.63) is 24.3 Å². The minimum absolute atomic E-state index is 0.0136. The third-order valence-electron chi connectivity index (χ3n) is 2.65. The Hall–Kier alpha value is -1.36. The number of rotatable bonds is 7. The lowest BCUT2D eigenvalue weighted by Crippen LogP contribution is -2.43. The zero-order valence-corrected chi connectivity index (χ0v) is 14.2. The Morgan fingerprint density at radius 2 is 2.00 bits per heavy atom. The first kappa shape index (κ1) is 18.7. The van der Waals surface area contributed by atoms with Crippen LogP contribution in [0.25, 0.3) is 0 Å². The maximum absolute atomic E-state index is 11.1. The van der Waals surface area contributed by atoms with E-state index in [9.17, 15) is 13.2 Å².